The fourth-order valence-corrected chi connectivity index (χ4v) is 8.84. The Bertz CT molecular complexity index is 1840. The maximum atomic E-state index is 14.1. The molecule has 0 bridgehead atoms. The second-order valence-electron chi connectivity index (χ2n) is 14.6. The number of esters is 1. The number of carbonyl (C=O) groups excluding carboxylic acids is 2. The molecule has 1 amide bonds. The Morgan fingerprint density at radius 3 is 1.61 bits per heavy atom. The third kappa shape index (κ3) is 8.90. The molecule has 6 rings (SSSR count). The molecule has 1 aliphatic carbocycles. The average molecular weight is 743 g/mol. The third-order valence-corrected chi connectivity index (χ3v) is 11.4. The summed E-state index contributed by atoms with van der Waals surface area (Å²) in [6, 6.07) is 45.9. The Hall–Kier alpha value is -4.89. The molecule has 0 spiro atoms. The van der Waals surface area contributed by atoms with Crippen LogP contribution in [0.25, 0.3) is 11.1 Å². The van der Waals surface area contributed by atoms with Crippen molar-refractivity contribution in [3.63, 3.8) is 0 Å². The van der Waals surface area contributed by atoms with Gasteiger partial charge in [0, 0.05) is 11.7 Å². The van der Waals surface area contributed by atoms with Crippen LogP contribution in [0.3, 0.4) is 0 Å². The van der Waals surface area contributed by atoms with Gasteiger partial charge < -0.3 is 24.8 Å². The first-order chi connectivity index (χ1) is 26.1. The molecular formula is C46H50N2O5S. The van der Waals surface area contributed by atoms with Gasteiger partial charge in [0.25, 0.3) is 0 Å². The maximum Gasteiger partial charge on any atom is 0.407 e. The minimum atomic E-state index is -1.03. The number of nitrogens with one attached hydrogen (secondary N) is 2. The molecule has 0 saturated carbocycles. The molecule has 0 fully saturated rings. The molecule has 1 unspecified atom stereocenters. The minimum Gasteiger partial charge on any atom is -0.462 e. The predicted molar refractivity (Wildman–Crippen MR) is 218 cm³/mol. The molecule has 0 radical (unpaired) electrons. The SMILES string of the molecule is CN[C@H](COC(=O)[C@H](CSC(c1ccccc1)(c1ccccc1)c1ccccc1)NC(=O)OCC1c2ccccc2-c2ccccc21)C(C)OC(C)(C)C. The van der Waals surface area contributed by atoms with Crippen LogP contribution >= 0.6 is 11.8 Å². The second-order valence-corrected chi connectivity index (χ2v) is 15.8. The normalized spacial score (nSPS) is 14.3. The molecule has 5 aromatic rings. The number of alkyl carbamates (subject to hydrolysis) is 1. The average Bonchev–Trinajstić information content (AvgIpc) is 3.51. The third-order valence-electron chi connectivity index (χ3n) is 9.81. The zero-order chi connectivity index (χ0) is 38.1. The van der Waals surface area contributed by atoms with Crippen molar-refractivity contribution in [3.05, 3.63) is 167 Å². The Balaban J connectivity index is 1.27. The molecule has 0 heterocycles. The number of ether oxygens (including phenoxy) is 3. The van der Waals surface area contributed by atoms with Crippen LogP contribution in [0.5, 0.6) is 0 Å². The number of benzene rings is 5. The summed E-state index contributed by atoms with van der Waals surface area (Å²) in [6.45, 7) is 8.11. The Morgan fingerprint density at radius 2 is 1.15 bits per heavy atom. The summed E-state index contributed by atoms with van der Waals surface area (Å²) in [5, 5.41) is 6.15. The summed E-state index contributed by atoms with van der Waals surface area (Å²) in [4.78, 5) is 27.9. The van der Waals surface area contributed by atoms with Crippen LogP contribution in [0.2, 0.25) is 0 Å². The number of carbonyl (C=O) groups is 2. The monoisotopic (exact) mass is 742 g/mol. The lowest BCUT2D eigenvalue weighted by molar-refractivity contribution is -0.148. The molecule has 5 aromatic carbocycles. The van der Waals surface area contributed by atoms with Crippen LogP contribution in [-0.2, 0) is 23.8 Å². The first-order valence-corrected chi connectivity index (χ1v) is 19.5. The van der Waals surface area contributed by atoms with E-state index in [2.05, 4.69) is 71.3 Å². The van der Waals surface area contributed by atoms with E-state index in [0.29, 0.717) is 0 Å². The molecule has 2 N–H and O–H groups in total. The van der Waals surface area contributed by atoms with E-state index >= 15 is 0 Å². The zero-order valence-electron chi connectivity index (χ0n) is 31.7. The summed E-state index contributed by atoms with van der Waals surface area (Å²) in [6.07, 6.45) is -0.925. The molecule has 0 aromatic heterocycles. The number of amides is 1. The maximum absolute atomic E-state index is 14.1. The molecule has 7 nitrogen and oxygen atoms in total. The zero-order valence-corrected chi connectivity index (χ0v) is 32.5. The number of fused-ring (bicyclic) bond motifs is 3. The van der Waals surface area contributed by atoms with E-state index < -0.39 is 22.9 Å². The molecule has 54 heavy (non-hydrogen) atoms. The lowest BCUT2D eigenvalue weighted by Gasteiger charge is -2.36. The van der Waals surface area contributed by atoms with Gasteiger partial charge in [-0.2, -0.15) is 0 Å². The number of rotatable bonds is 15. The highest BCUT2D eigenvalue weighted by atomic mass is 32.2. The van der Waals surface area contributed by atoms with Gasteiger partial charge in [0.1, 0.15) is 19.3 Å². The van der Waals surface area contributed by atoms with Gasteiger partial charge >= 0.3 is 12.1 Å². The van der Waals surface area contributed by atoms with Crippen LogP contribution in [0.15, 0.2) is 140 Å². The first kappa shape index (κ1) is 38.8. The summed E-state index contributed by atoms with van der Waals surface area (Å²) in [5.74, 6) is -0.479. The van der Waals surface area contributed by atoms with Crippen molar-refractivity contribution in [3.8, 4) is 11.1 Å². The van der Waals surface area contributed by atoms with E-state index in [9.17, 15) is 9.59 Å². The summed E-state index contributed by atoms with van der Waals surface area (Å²) < 4.78 is 17.4. The highest BCUT2D eigenvalue weighted by Crippen LogP contribution is 2.49. The van der Waals surface area contributed by atoms with Gasteiger partial charge in [-0.1, -0.05) is 140 Å². The Labute approximate surface area is 323 Å². The number of thioether (sulfide) groups is 1. The highest BCUT2D eigenvalue weighted by molar-refractivity contribution is 8.00. The van der Waals surface area contributed by atoms with E-state index in [1.165, 1.54) is 0 Å². The molecule has 8 heteroatoms. The van der Waals surface area contributed by atoms with Crippen molar-refractivity contribution < 1.29 is 23.8 Å². The Kier molecular flexibility index (Phi) is 12.6. The van der Waals surface area contributed by atoms with Crippen molar-refractivity contribution in [1.29, 1.82) is 0 Å². The molecule has 0 saturated heterocycles. The van der Waals surface area contributed by atoms with Gasteiger partial charge in [0.15, 0.2) is 0 Å². The van der Waals surface area contributed by atoms with Crippen LogP contribution < -0.4 is 10.6 Å². The molecular weight excluding hydrogens is 693 g/mol. The van der Waals surface area contributed by atoms with Crippen molar-refractivity contribution >= 4 is 23.8 Å². The van der Waals surface area contributed by atoms with E-state index in [4.69, 9.17) is 14.2 Å². The van der Waals surface area contributed by atoms with Crippen molar-refractivity contribution in [2.24, 2.45) is 0 Å². The summed E-state index contributed by atoms with van der Waals surface area (Å²) >= 11 is 1.57. The standard InChI is InChI=1S/C46H50N2O5S/c1-32(53-45(2,3)4)41(47-5)30-51-43(49)42(48-44(50)52-29-40-38-27-17-15-25-36(38)37-26-16-18-28-39(37)40)31-54-46(33-19-9-6-10-20-33,34-21-11-7-12-22-34)35-23-13-8-14-24-35/h6-28,32,40-42,47H,29-31H2,1-5H3,(H,48,50)/t32?,41-,42+/m1/s1. The lowest BCUT2D eigenvalue weighted by atomic mass is 9.84. The number of likely N-dealkylation sites (N-methyl/N-ethyl adjacent to an activating group) is 1. The van der Waals surface area contributed by atoms with Crippen molar-refractivity contribution in [1.82, 2.24) is 10.6 Å². The van der Waals surface area contributed by atoms with E-state index in [0.717, 1.165) is 38.9 Å². The van der Waals surface area contributed by atoms with E-state index in [-0.39, 0.29) is 42.6 Å². The fourth-order valence-electron chi connectivity index (χ4n) is 7.29. The van der Waals surface area contributed by atoms with Gasteiger partial charge in [-0.25, -0.2) is 9.59 Å². The van der Waals surface area contributed by atoms with Crippen molar-refractivity contribution in [2.75, 3.05) is 26.0 Å². The second kappa shape index (κ2) is 17.5. The van der Waals surface area contributed by atoms with Gasteiger partial charge in [-0.15, -0.1) is 11.8 Å². The van der Waals surface area contributed by atoms with Gasteiger partial charge in [0.05, 0.1) is 22.5 Å². The largest absolute Gasteiger partial charge is 0.462 e. The molecule has 280 valence electrons. The van der Waals surface area contributed by atoms with Crippen LogP contribution in [0, 0.1) is 0 Å². The van der Waals surface area contributed by atoms with Crippen LogP contribution in [0.1, 0.15) is 61.4 Å². The van der Waals surface area contributed by atoms with Crippen LogP contribution in [-0.4, -0.2) is 61.9 Å². The molecule has 1 aliphatic rings. The number of hydrogen-bond acceptors (Lipinski definition) is 7. The van der Waals surface area contributed by atoms with Gasteiger partial charge in [-0.3, -0.25) is 0 Å². The smallest absolute Gasteiger partial charge is 0.407 e. The molecule has 3 atom stereocenters. The minimum absolute atomic E-state index is 0.0569. The quantitative estimate of drug-likeness (QED) is 0.0819. The topological polar surface area (TPSA) is 85.9 Å². The molecule has 0 aliphatic heterocycles. The fraction of sp³-hybridized carbons (Fsp3) is 0.304. The summed E-state index contributed by atoms with van der Waals surface area (Å²) in [5.41, 5.74) is 7.27. The lowest BCUT2D eigenvalue weighted by Crippen LogP contribution is -2.48. The van der Waals surface area contributed by atoms with Crippen LogP contribution in [0.4, 0.5) is 4.79 Å². The number of hydrogen-bond donors (Lipinski definition) is 2. The van der Waals surface area contributed by atoms with Crippen molar-refractivity contribution in [2.45, 2.75) is 62.1 Å². The van der Waals surface area contributed by atoms with E-state index in [1.807, 2.05) is 114 Å². The predicted octanol–water partition coefficient (Wildman–Crippen LogP) is 8.95. The Morgan fingerprint density at radius 1 is 0.685 bits per heavy atom. The van der Waals surface area contributed by atoms with Gasteiger partial charge in [0.2, 0.25) is 0 Å². The summed E-state index contributed by atoms with van der Waals surface area (Å²) in [7, 11) is 1.82. The highest BCUT2D eigenvalue weighted by Gasteiger charge is 2.39. The van der Waals surface area contributed by atoms with E-state index in [1.54, 1.807) is 11.8 Å². The first-order valence-electron chi connectivity index (χ1n) is 18.5. The van der Waals surface area contributed by atoms with Gasteiger partial charge in [-0.05, 0) is 73.7 Å².